The summed E-state index contributed by atoms with van der Waals surface area (Å²) >= 11 is 0.682. The maximum atomic E-state index is 15.3. The number of nitrogens with zero attached hydrogens (tertiary/aromatic N) is 1. The first-order chi connectivity index (χ1) is 61.8. The Bertz CT molecular complexity index is 4780. The smallest absolute Gasteiger partial charge is 0.305 e. The summed E-state index contributed by atoms with van der Waals surface area (Å²) in [7, 11) is 0. The molecule has 2 fully saturated rings. The van der Waals surface area contributed by atoms with Crippen molar-refractivity contribution in [2.45, 2.75) is 217 Å². The van der Waals surface area contributed by atoms with Crippen LogP contribution in [0, 0.1) is 29.6 Å². The van der Waals surface area contributed by atoms with Gasteiger partial charge in [-0.05, 0) is 88.4 Å². The number of H-pyrrole nitrogens is 1. The van der Waals surface area contributed by atoms with E-state index in [1.165, 1.54) is 38.4 Å². The van der Waals surface area contributed by atoms with Crippen molar-refractivity contribution < 1.29 is 96.5 Å². The van der Waals surface area contributed by atoms with Crippen LogP contribution in [0.1, 0.15) is 130 Å². The average Bonchev–Trinajstić information content (AvgIpc) is 1.60. The topological polar surface area (TPSA) is 661 Å². The quantitative estimate of drug-likeness (QED) is 0.0287. The zero-order valence-corrected chi connectivity index (χ0v) is 74.8. The molecule has 42 heteroatoms. The Morgan fingerprint density at radius 2 is 0.869 bits per heavy atom. The first-order valence-corrected chi connectivity index (χ1v) is 44.4. The predicted octanol–water partition coefficient (Wildman–Crippen LogP) is -3.36. The van der Waals surface area contributed by atoms with Crippen molar-refractivity contribution in [3.8, 4) is 11.1 Å². The van der Waals surface area contributed by atoms with E-state index in [1.807, 2.05) is 30.3 Å². The maximum Gasteiger partial charge on any atom is 0.305 e. The van der Waals surface area contributed by atoms with Gasteiger partial charge >= 0.3 is 5.97 Å². The van der Waals surface area contributed by atoms with Crippen molar-refractivity contribution in [2.24, 2.45) is 52.5 Å². The summed E-state index contributed by atoms with van der Waals surface area (Å²) in [5.74, 6) is -23.6. The maximum absolute atomic E-state index is 15.3. The van der Waals surface area contributed by atoms with Crippen molar-refractivity contribution in [2.75, 3.05) is 37.7 Å². The molecule has 26 N–H and O–H groups in total. The minimum Gasteiger partial charge on any atom is -0.481 e. The second-order valence-electron chi connectivity index (χ2n) is 33.8. The molecular formula is C88H123N21O20S. The number of aromatic amines is 1. The number of rotatable bonds is 24. The third kappa shape index (κ3) is 32.7. The van der Waals surface area contributed by atoms with Crippen LogP contribution in [0.5, 0.6) is 0 Å². The molecule has 706 valence electrons. The Morgan fingerprint density at radius 1 is 0.446 bits per heavy atom. The van der Waals surface area contributed by atoms with Gasteiger partial charge in [-0.15, -0.1) is 11.8 Å². The first kappa shape index (κ1) is 104. The molecule has 5 aromatic rings. The molecule has 2 aliphatic rings. The van der Waals surface area contributed by atoms with E-state index in [2.05, 4.69) is 89.7 Å². The van der Waals surface area contributed by atoms with Crippen molar-refractivity contribution in [1.82, 2.24) is 89.7 Å². The molecule has 1 saturated heterocycles. The number of benzene rings is 3. The normalized spacial score (nSPS) is 24.4. The molecule has 7 rings (SSSR count). The highest BCUT2D eigenvalue weighted by atomic mass is 32.2. The Kier molecular flexibility index (Phi) is 41.1. The van der Waals surface area contributed by atoms with E-state index in [1.54, 1.807) is 96.3 Å². The van der Waals surface area contributed by atoms with Gasteiger partial charge in [0.25, 0.3) is 0 Å². The summed E-state index contributed by atoms with van der Waals surface area (Å²) in [5.41, 5.74) is 26.9. The fraction of sp³-hybridized carbons (Fsp3) is 0.511. The number of amides is 17. The van der Waals surface area contributed by atoms with Crippen molar-refractivity contribution in [3.63, 3.8) is 0 Å². The second-order valence-corrected chi connectivity index (χ2v) is 34.8. The number of carboxylic acid groups (broad SMARTS) is 1. The number of carbonyl (C=O) groups excluding carboxylic acids is 17. The van der Waals surface area contributed by atoms with Crippen LogP contribution in [0.15, 0.2) is 110 Å². The van der Waals surface area contributed by atoms with Gasteiger partial charge in [0.2, 0.25) is 100 Å². The van der Waals surface area contributed by atoms with E-state index in [0.29, 0.717) is 52.2 Å². The molecule has 3 heterocycles. The summed E-state index contributed by atoms with van der Waals surface area (Å²) < 4.78 is 0. The molecule has 2 aromatic heterocycles. The first-order valence-electron chi connectivity index (χ1n) is 43.2. The van der Waals surface area contributed by atoms with Crippen LogP contribution in [0.4, 0.5) is 0 Å². The van der Waals surface area contributed by atoms with Crippen LogP contribution in [0.3, 0.4) is 0 Å². The molecule has 3 aromatic carbocycles. The number of aliphatic hydroxyl groups is 1. The molecule has 17 amide bonds. The molecule has 0 spiro atoms. The van der Waals surface area contributed by atoms with Gasteiger partial charge in [0.15, 0.2) is 0 Å². The largest absolute Gasteiger partial charge is 0.481 e. The lowest BCUT2D eigenvalue weighted by Crippen LogP contribution is -2.63. The lowest BCUT2D eigenvalue weighted by molar-refractivity contribution is -0.141. The zero-order valence-electron chi connectivity index (χ0n) is 74.0. The number of primary amides is 2. The highest BCUT2D eigenvalue weighted by Gasteiger charge is 2.41. The summed E-state index contributed by atoms with van der Waals surface area (Å²) in [6.45, 7) is 9.61. The number of nitrogens with one attached hydrogen (secondary N) is 16. The summed E-state index contributed by atoms with van der Waals surface area (Å²) in [4.78, 5) is 264. The number of fused-ring (bicyclic) bond motifs is 1. The number of aliphatic hydroxyl groups excluding tert-OH is 1. The monoisotopic (exact) mass is 1830 g/mol. The molecule has 1 aliphatic heterocycles. The number of aliphatic carboxylic acids is 1. The molecule has 0 radical (unpaired) electrons. The van der Waals surface area contributed by atoms with Crippen LogP contribution in [-0.4, -0.2) is 249 Å². The number of para-hydroxylation sites is 1. The lowest BCUT2D eigenvalue weighted by Gasteiger charge is -2.31. The van der Waals surface area contributed by atoms with Crippen molar-refractivity contribution in [3.05, 3.63) is 126 Å². The van der Waals surface area contributed by atoms with E-state index >= 15 is 14.4 Å². The highest BCUT2D eigenvalue weighted by Crippen LogP contribution is 2.29. The molecule has 0 unspecified atom stereocenters. The minimum absolute atomic E-state index is 0.0316. The van der Waals surface area contributed by atoms with Crippen molar-refractivity contribution in [1.29, 1.82) is 0 Å². The number of hydrogen-bond donors (Lipinski definition) is 22. The average molecular weight is 1830 g/mol. The Balaban J connectivity index is 1.29. The van der Waals surface area contributed by atoms with Crippen LogP contribution >= 0.6 is 11.8 Å². The van der Waals surface area contributed by atoms with E-state index in [9.17, 15) is 82.1 Å². The van der Waals surface area contributed by atoms with Gasteiger partial charge in [0, 0.05) is 67.6 Å². The third-order valence-electron chi connectivity index (χ3n) is 21.9. The molecule has 41 nitrogen and oxygen atoms in total. The van der Waals surface area contributed by atoms with Gasteiger partial charge in [0.05, 0.1) is 31.7 Å². The van der Waals surface area contributed by atoms with Gasteiger partial charge in [0.1, 0.15) is 84.6 Å². The Labute approximate surface area is 756 Å². The standard InChI is InChI=1S/C88H123N21O20S/c1-45(2)31-57-76(117)101-62(36-68(91)111)78(119)98-59(32-49-17-11-9-12-18-49)80(121)108-74(48(7)8)88(129)105-66(42-110)85(126)106-67(75(116)95-41-69(92)112)43-130-44-70(113)96-64(38-89)83(124)99-58(34-51-27-29-93-30-28-51)77(118)102-63(37-71(114)115)79(120)100-61(35-54-40-94-56-22-16-15-21-55(54)56)82(123)109-72(46(3)4)86(127)103-60(33-50-23-25-53(26-24-50)52-19-13-10-14-20-52)81(122)107-73(47(5)6)87(128)104-65(39-90)84(125)97-57/h10,13-16,19-30,40,45-49,57-67,72-74,94,110H,9,11-12,17-18,31-39,41-44,89-90H2,1-8H3,(H2,91,111)(H2,92,112)(H,95,116)(H,96,113)(H,97,125)(H,98,119)(H,99,124)(H,100,120)(H,101,117)(H,102,118)(H,103,127)(H,104,128)(H,105,129)(H,106,126)(H,107,122)(H,108,121)(H,109,123)(H,114,115)/t57-,58+,59+,60+,61+,62+,63+,64+,65+,66+,67+,72+,73+,74+/m1/s1. The summed E-state index contributed by atoms with van der Waals surface area (Å²) in [5, 5.41) is 59.6. The molecule has 1 saturated carbocycles. The van der Waals surface area contributed by atoms with Gasteiger partial charge in [-0.1, -0.05) is 160 Å². The Morgan fingerprint density at radius 3 is 1.38 bits per heavy atom. The number of nitrogens with two attached hydrogens (primary N) is 4. The second kappa shape index (κ2) is 51.3. The lowest BCUT2D eigenvalue weighted by atomic mass is 9.84. The summed E-state index contributed by atoms with van der Waals surface area (Å²) in [6, 6.07) is 2.82. The molecular weight excluding hydrogens is 1700 g/mol. The van der Waals surface area contributed by atoms with Crippen LogP contribution in [0.2, 0.25) is 0 Å². The summed E-state index contributed by atoms with van der Waals surface area (Å²) in [6.07, 6.45) is 4.78. The predicted molar refractivity (Wildman–Crippen MR) is 479 cm³/mol. The van der Waals surface area contributed by atoms with Crippen LogP contribution in [-0.2, 0) is 106 Å². The number of carboxylic acids is 1. The van der Waals surface area contributed by atoms with Crippen LogP contribution in [0.25, 0.3) is 22.0 Å². The highest BCUT2D eigenvalue weighted by molar-refractivity contribution is 8.00. The number of pyridine rings is 1. The van der Waals surface area contributed by atoms with E-state index in [-0.39, 0.29) is 43.9 Å². The number of carbonyl (C=O) groups is 18. The third-order valence-corrected chi connectivity index (χ3v) is 22.9. The number of hydrogen-bond acceptors (Lipinski definition) is 23. The number of thioether (sulfide) groups is 1. The Hall–Kier alpha value is -13.0. The van der Waals surface area contributed by atoms with E-state index in [4.69, 9.17) is 22.9 Å². The van der Waals surface area contributed by atoms with Crippen LogP contribution < -0.4 is 103 Å². The molecule has 14 atom stereocenters. The molecule has 0 bridgehead atoms. The van der Waals surface area contributed by atoms with Crippen molar-refractivity contribution >= 4 is 129 Å². The van der Waals surface area contributed by atoms with E-state index < -0.39 is 259 Å². The SMILES string of the molecule is CC(C)C[C@H]1NC(=O)[C@H](CN)NC(=O)[C@H](C(C)C)NC(=O)[C@H](Cc2ccc(-c3ccccc3)cc2)NC(=O)[C@H](C(C)C)NC(=O)[C@H](Cc2c[nH]c3ccccc23)NC(=O)[C@H](CC(=O)O)NC(=O)[C@H](Cc2ccncc2)NC(=O)[C@H](CN)NC(=O)CSC[C@@H](C(=O)NCC(N)=O)NC(=O)[C@H](CO)NC(=O)[C@H](C(C)C)NC(=O)[C@H](CC2CCCCC2)NC(=O)[C@H](CC(N)=O)NC1=O. The molecule has 130 heavy (non-hydrogen) atoms. The van der Waals surface area contributed by atoms with Gasteiger partial charge in [-0.25, -0.2) is 0 Å². The number of aromatic nitrogens is 2. The van der Waals surface area contributed by atoms with Gasteiger partial charge in [-0.2, -0.15) is 0 Å². The van der Waals surface area contributed by atoms with Gasteiger partial charge < -0.3 is 118 Å². The van der Waals surface area contributed by atoms with Gasteiger partial charge in [-0.3, -0.25) is 91.3 Å². The fourth-order valence-electron chi connectivity index (χ4n) is 14.8. The fourth-order valence-corrected chi connectivity index (χ4v) is 15.6. The molecule has 1 aliphatic carbocycles. The van der Waals surface area contributed by atoms with E-state index in [0.717, 1.165) is 30.4 Å². The minimum atomic E-state index is -2.04. The zero-order chi connectivity index (χ0) is 95.6.